The molecule has 0 amide bonds. The molecule has 0 aromatic carbocycles. The molecule has 1 aliphatic rings. The molecule has 1 aliphatic heterocycles. The summed E-state index contributed by atoms with van der Waals surface area (Å²) in [6.45, 7) is 14.0. The topological polar surface area (TPSA) is 51.1 Å². The molecule has 1 rings (SSSR count). The minimum atomic E-state index is -3.24. The maximum atomic E-state index is 13.1. The molecule has 0 N–H and O–H groups in total. The third-order valence-corrected chi connectivity index (χ3v) is 7.24. The van der Waals surface area contributed by atoms with Gasteiger partial charge in [0.05, 0.1) is 25.1 Å². The van der Waals surface area contributed by atoms with Crippen LogP contribution in [0.1, 0.15) is 67.2 Å². The molecule has 0 spiro atoms. The lowest BCUT2D eigenvalue weighted by atomic mass is 9.96. The van der Waals surface area contributed by atoms with Crippen LogP contribution in [0.2, 0.25) is 0 Å². The van der Waals surface area contributed by atoms with Crippen LogP contribution in [0, 0.1) is 5.92 Å². The van der Waals surface area contributed by atoms with E-state index >= 15 is 0 Å². The molecule has 0 aliphatic carbocycles. The van der Waals surface area contributed by atoms with Gasteiger partial charge in [0, 0.05) is 6.54 Å². The van der Waals surface area contributed by atoms with Gasteiger partial charge in [-0.05, 0) is 40.0 Å². The van der Waals surface area contributed by atoms with Gasteiger partial charge >= 0.3 is 7.60 Å². The van der Waals surface area contributed by atoms with Crippen molar-refractivity contribution in [3.05, 3.63) is 0 Å². The van der Waals surface area contributed by atoms with E-state index in [1.54, 1.807) is 0 Å². The summed E-state index contributed by atoms with van der Waals surface area (Å²) in [5.74, 6) is 0.177. The largest absolute Gasteiger partial charge is 0.357 e. The van der Waals surface area contributed by atoms with Gasteiger partial charge in [0.1, 0.15) is 0 Å². The number of aliphatic imine (C=N–C) groups is 1. The van der Waals surface area contributed by atoms with Gasteiger partial charge < -0.3 is 13.9 Å². The van der Waals surface area contributed by atoms with Crippen LogP contribution in [0.3, 0.4) is 0 Å². The quantitative estimate of drug-likeness (QED) is 0.498. The zero-order valence-corrected chi connectivity index (χ0v) is 16.6. The number of hydrogen-bond donors (Lipinski definition) is 0. The van der Waals surface area contributed by atoms with Crippen molar-refractivity contribution in [3.8, 4) is 0 Å². The van der Waals surface area contributed by atoms with Gasteiger partial charge in [-0.3, -0.25) is 9.56 Å². The average molecular weight is 346 g/mol. The second-order valence-electron chi connectivity index (χ2n) is 6.74. The predicted molar refractivity (Wildman–Crippen MR) is 97.2 cm³/mol. The Balaban J connectivity index is 2.85. The Labute approximate surface area is 142 Å². The minimum absolute atomic E-state index is 0.362. The molecule has 2 atom stereocenters. The number of nitrogens with zero attached hydrogens (tertiary/aromatic N) is 2. The van der Waals surface area contributed by atoms with E-state index in [9.17, 15) is 4.57 Å². The van der Waals surface area contributed by atoms with Crippen LogP contribution in [0.4, 0.5) is 0 Å². The van der Waals surface area contributed by atoms with E-state index in [0.717, 1.165) is 13.0 Å². The number of hydrogen-bond acceptors (Lipinski definition) is 5. The van der Waals surface area contributed by atoms with Crippen molar-refractivity contribution in [1.29, 1.82) is 0 Å². The highest BCUT2D eigenvalue weighted by Gasteiger charge is 2.51. The summed E-state index contributed by atoms with van der Waals surface area (Å²) in [7, 11) is -3.24. The molecule has 0 bridgehead atoms. The molecule has 0 aromatic heterocycles. The van der Waals surface area contributed by atoms with Crippen molar-refractivity contribution in [3.63, 3.8) is 0 Å². The lowest BCUT2D eigenvalue weighted by Gasteiger charge is -2.39. The van der Waals surface area contributed by atoms with Crippen LogP contribution in [-0.2, 0) is 13.6 Å². The molecule has 0 saturated heterocycles. The van der Waals surface area contributed by atoms with Crippen molar-refractivity contribution in [1.82, 2.24) is 4.90 Å². The van der Waals surface area contributed by atoms with Crippen LogP contribution in [0.25, 0.3) is 0 Å². The van der Waals surface area contributed by atoms with Gasteiger partial charge in [0.2, 0.25) is 0 Å². The second kappa shape index (κ2) is 9.19. The first kappa shape index (κ1) is 20.7. The summed E-state index contributed by atoms with van der Waals surface area (Å²) in [5, 5.41) is 0. The van der Waals surface area contributed by atoms with Gasteiger partial charge in [0.15, 0.2) is 5.78 Å². The monoisotopic (exact) mass is 346 g/mol. The fourth-order valence-electron chi connectivity index (χ4n) is 3.11. The normalized spacial score (nSPS) is 21.8. The molecule has 2 unspecified atom stereocenters. The number of unbranched alkanes of at least 4 members (excludes halogenated alkanes) is 1. The lowest BCUT2D eigenvalue weighted by molar-refractivity contribution is 0.162. The molecule has 0 radical (unpaired) electrons. The van der Waals surface area contributed by atoms with Crippen LogP contribution in [-0.4, -0.2) is 42.3 Å². The first-order chi connectivity index (χ1) is 10.9. The molecule has 0 fully saturated rings. The third kappa shape index (κ3) is 5.04. The molecule has 5 nitrogen and oxygen atoms in total. The standard InChI is InChI=1S/C17H35N2O3P/c1-7-11-12-15(8-2)13-19-14-18-16(17(19,5)6)23(20,21-9-3)22-10-4/h14-16H,7-13H2,1-6H3. The van der Waals surface area contributed by atoms with Gasteiger partial charge in [-0.15, -0.1) is 0 Å². The summed E-state index contributed by atoms with van der Waals surface area (Å²) < 4.78 is 24.2. The third-order valence-electron chi connectivity index (χ3n) is 4.64. The van der Waals surface area contributed by atoms with Gasteiger partial charge in [-0.1, -0.05) is 33.1 Å². The highest BCUT2D eigenvalue weighted by atomic mass is 31.2. The van der Waals surface area contributed by atoms with E-state index in [2.05, 4.69) is 37.6 Å². The average Bonchev–Trinajstić information content (AvgIpc) is 2.79. The van der Waals surface area contributed by atoms with Gasteiger partial charge in [-0.2, -0.15) is 0 Å². The van der Waals surface area contributed by atoms with Crippen molar-refractivity contribution in [2.45, 2.75) is 78.5 Å². The highest BCUT2D eigenvalue weighted by Crippen LogP contribution is 2.59. The summed E-state index contributed by atoms with van der Waals surface area (Å²) in [4.78, 5) is 6.76. The molecule has 1 heterocycles. The fraction of sp³-hybridized carbons (Fsp3) is 0.941. The van der Waals surface area contributed by atoms with Gasteiger partial charge in [-0.25, -0.2) is 0 Å². The highest BCUT2D eigenvalue weighted by molar-refractivity contribution is 7.54. The fourth-order valence-corrected chi connectivity index (χ4v) is 5.33. The summed E-state index contributed by atoms with van der Waals surface area (Å²) >= 11 is 0. The zero-order chi connectivity index (χ0) is 17.5. The predicted octanol–water partition coefficient (Wildman–Crippen LogP) is 4.92. The Morgan fingerprint density at radius 1 is 1.22 bits per heavy atom. The Morgan fingerprint density at radius 2 is 1.83 bits per heavy atom. The van der Waals surface area contributed by atoms with E-state index in [1.807, 2.05) is 20.2 Å². The van der Waals surface area contributed by atoms with Crippen molar-refractivity contribution in [2.24, 2.45) is 10.9 Å². The Kier molecular flexibility index (Phi) is 8.26. The Morgan fingerprint density at radius 3 is 2.30 bits per heavy atom. The molecule has 0 saturated carbocycles. The summed E-state index contributed by atoms with van der Waals surface area (Å²) in [6, 6.07) is 0. The molecule has 136 valence electrons. The van der Waals surface area contributed by atoms with Crippen molar-refractivity contribution in [2.75, 3.05) is 19.8 Å². The van der Waals surface area contributed by atoms with E-state index in [-0.39, 0.29) is 5.54 Å². The van der Waals surface area contributed by atoms with Gasteiger partial charge in [0.25, 0.3) is 0 Å². The van der Waals surface area contributed by atoms with Crippen molar-refractivity contribution >= 4 is 13.9 Å². The zero-order valence-electron chi connectivity index (χ0n) is 15.7. The van der Waals surface area contributed by atoms with E-state index in [1.165, 1.54) is 19.3 Å². The van der Waals surface area contributed by atoms with E-state index in [0.29, 0.717) is 19.1 Å². The lowest BCUT2D eigenvalue weighted by Crippen LogP contribution is -2.48. The molecule has 0 aromatic rings. The molecule has 23 heavy (non-hydrogen) atoms. The smallest absolute Gasteiger partial charge is 0.355 e. The van der Waals surface area contributed by atoms with E-state index < -0.39 is 13.4 Å². The van der Waals surface area contributed by atoms with Crippen LogP contribution >= 0.6 is 7.60 Å². The Bertz CT molecular complexity index is 416. The first-order valence-electron chi connectivity index (χ1n) is 9.04. The Hall–Kier alpha value is -0.380. The van der Waals surface area contributed by atoms with Crippen LogP contribution in [0.5, 0.6) is 0 Å². The maximum absolute atomic E-state index is 13.1. The molecule has 6 heteroatoms. The SMILES string of the molecule is CCCCC(CC)CN1C=NC(P(=O)(OCC)OCC)C1(C)C. The first-order valence-corrected chi connectivity index (χ1v) is 10.7. The minimum Gasteiger partial charge on any atom is -0.355 e. The van der Waals surface area contributed by atoms with Crippen molar-refractivity contribution < 1.29 is 13.6 Å². The molecular weight excluding hydrogens is 311 g/mol. The molecular formula is C17H35N2O3P. The van der Waals surface area contributed by atoms with E-state index in [4.69, 9.17) is 9.05 Å². The summed E-state index contributed by atoms with van der Waals surface area (Å²) in [5.41, 5.74) is -0.362. The van der Waals surface area contributed by atoms with Crippen LogP contribution in [0.15, 0.2) is 4.99 Å². The second-order valence-corrected chi connectivity index (χ2v) is 8.82. The van der Waals surface area contributed by atoms with Crippen LogP contribution < -0.4 is 0 Å². The maximum Gasteiger partial charge on any atom is 0.357 e. The summed E-state index contributed by atoms with van der Waals surface area (Å²) in [6.07, 6.45) is 6.71. The number of rotatable bonds is 11.